The van der Waals surface area contributed by atoms with Gasteiger partial charge in [0.2, 0.25) is 5.91 Å². The molecule has 1 amide bonds. The quantitative estimate of drug-likeness (QED) is 0.818. The van der Waals surface area contributed by atoms with Gasteiger partial charge in [-0.15, -0.1) is 0 Å². The Morgan fingerprint density at radius 3 is 2.17 bits per heavy atom. The summed E-state index contributed by atoms with van der Waals surface area (Å²) in [5.74, 6) is 0.544. The van der Waals surface area contributed by atoms with E-state index in [0.29, 0.717) is 6.54 Å². The van der Waals surface area contributed by atoms with Crippen molar-refractivity contribution in [2.45, 2.75) is 33.4 Å². The third-order valence-electron chi connectivity index (χ3n) is 4.00. The van der Waals surface area contributed by atoms with Crippen LogP contribution >= 0.6 is 0 Å². The predicted molar refractivity (Wildman–Crippen MR) is 92.9 cm³/mol. The minimum Gasteiger partial charge on any atom is -0.497 e. The van der Waals surface area contributed by atoms with Crippen molar-refractivity contribution in [3.63, 3.8) is 0 Å². The van der Waals surface area contributed by atoms with Gasteiger partial charge in [0, 0.05) is 25.9 Å². The van der Waals surface area contributed by atoms with E-state index < -0.39 is 6.04 Å². The number of hydrogen-bond acceptors (Lipinski definition) is 3. The van der Waals surface area contributed by atoms with Crippen molar-refractivity contribution in [1.29, 1.82) is 0 Å². The molecule has 0 N–H and O–H groups in total. The van der Waals surface area contributed by atoms with Crippen LogP contribution in [0, 0.1) is 5.92 Å². The van der Waals surface area contributed by atoms with Crippen LogP contribution in [-0.2, 0) is 11.3 Å². The fourth-order valence-electron chi connectivity index (χ4n) is 2.75. The third kappa shape index (κ3) is 4.04. The van der Waals surface area contributed by atoms with Crippen LogP contribution in [0.1, 0.15) is 31.1 Å². The van der Waals surface area contributed by atoms with E-state index in [4.69, 9.17) is 4.74 Å². The van der Waals surface area contributed by atoms with Gasteiger partial charge >= 0.3 is 0 Å². The summed E-state index contributed by atoms with van der Waals surface area (Å²) in [7, 11) is 1.61. The van der Waals surface area contributed by atoms with Crippen LogP contribution in [0.4, 0.5) is 0 Å². The van der Waals surface area contributed by atoms with Crippen molar-refractivity contribution in [3.05, 3.63) is 54.4 Å². The molecular formula is C19H24N2O3. The molecule has 24 heavy (non-hydrogen) atoms. The number of ether oxygens (including phenoxy) is 1. The Labute approximate surface area is 142 Å². The molecule has 128 valence electrons. The number of methoxy groups -OCH3 is 1. The zero-order valence-electron chi connectivity index (χ0n) is 14.6. The van der Waals surface area contributed by atoms with Gasteiger partial charge in [0.05, 0.1) is 7.11 Å². The molecule has 2 rings (SSSR count). The first-order chi connectivity index (χ1) is 11.4. The maximum Gasteiger partial charge on any atom is 0.253 e. The van der Waals surface area contributed by atoms with Gasteiger partial charge in [-0.2, -0.15) is 0 Å². The van der Waals surface area contributed by atoms with E-state index in [-0.39, 0.29) is 17.7 Å². The molecule has 0 aliphatic heterocycles. The Balaban J connectivity index is 2.28. The van der Waals surface area contributed by atoms with E-state index in [1.165, 1.54) is 11.5 Å². The third-order valence-corrected chi connectivity index (χ3v) is 4.00. The smallest absolute Gasteiger partial charge is 0.253 e. The summed E-state index contributed by atoms with van der Waals surface area (Å²) in [6.07, 6.45) is 3.42. The zero-order valence-corrected chi connectivity index (χ0v) is 14.6. The van der Waals surface area contributed by atoms with Gasteiger partial charge in [-0.3, -0.25) is 14.2 Å². The highest BCUT2D eigenvalue weighted by Crippen LogP contribution is 2.19. The number of rotatable bonds is 6. The molecule has 1 atom stereocenters. The van der Waals surface area contributed by atoms with Crippen LogP contribution < -0.4 is 4.74 Å². The molecule has 5 heteroatoms. The van der Waals surface area contributed by atoms with Gasteiger partial charge in [-0.05, 0) is 35.7 Å². The minimum absolute atomic E-state index is 0.00190. The van der Waals surface area contributed by atoms with E-state index >= 15 is 0 Å². The van der Waals surface area contributed by atoms with Crippen LogP contribution in [0.5, 0.6) is 5.75 Å². The number of benzene rings is 1. The average Bonchev–Trinajstić information content (AvgIpc) is 3.08. The molecule has 1 unspecified atom stereocenters. The summed E-state index contributed by atoms with van der Waals surface area (Å²) < 4.78 is 6.69. The lowest BCUT2D eigenvalue weighted by Gasteiger charge is -2.32. The second-order valence-corrected chi connectivity index (χ2v) is 6.11. The lowest BCUT2D eigenvalue weighted by atomic mass is 10.00. The summed E-state index contributed by atoms with van der Waals surface area (Å²) in [6, 6.07) is 10.6. The van der Waals surface area contributed by atoms with E-state index in [1.807, 2.05) is 38.1 Å². The predicted octanol–water partition coefficient (Wildman–Crippen LogP) is 3.21. The lowest BCUT2D eigenvalue weighted by Crippen LogP contribution is -2.48. The molecular weight excluding hydrogens is 304 g/mol. The number of nitrogens with zero attached hydrogens (tertiary/aromatic N) is 2. The fraction of sp³-hybridized carbons (Fsp3) is 0.368. The van der Waals surface area contributed by atoms with Crippen LogP contribution in [0.3, 0.4) is 0 Å². The van der Waals surface area contributed by atoms with Crippen molar-refractivity contribution in [2.75, 3.05) is 7.11 Å². The number of carbonyl (C=O) groups is 2. The molecule has 0 bridgehead atoms. The molecule has 0 aliphatic carbocycles. The molecule has 0 aliphatic rings. The SMILES string of the molecule is COc1ccc(CN(C(C)=O)C(C(=O)n2cccc2)C(C)C)cc1. The molecule has 5 nitrogen and oxygen atoms in total. The van der Waals surface area contributed by atoms with E-state index in [9.17, 15) is 9.59 Å². The van der Waals surface area contributed by atoms with Crippen molar-refractivity contribution < 1.29 is 14.3 Å². The second kappa shape index (κ2) is 7.81. The number of aromatic nitrogens is 1. The molecule has 0 radical (unpaired) electrons. The summed E-state index contributed by atoms with van der Waals surface area (Å²) in [5, 5.41) is 0. The molecule has 0 saturated heterocycles. The first kappa shape index (κ1) is 17.8. The highest BCUT2D eigenvalue weighted by molar-refractivity contribution is 5.88. The number of amides is 1. The van der Waals surface area contributed by atoms with Gasteiger partial charge in [0.15, 0.2) is 0 Å². The minimum atomic E-state index is -0.517. The Morgan fingerprint density at radius 1 is 1.12 bits per heavy atom. The van der Waals surface area contributed by atoms with Gasteiger partial charge in [-0.25, -0.2) is 0 Å². The van der Waals surface area contributed by atoms with Crippen molar-refractivity contribution >= 4 is 11.8 Å². The van der Waals surface area contributed by atoms with Crippen LogP contribution in [0.2, 0.25) is 0 Å². The Morgan fingerprint density at radius 2 is 1.71 bits per heavy atom. The molecule has 0 spiro atoms. The van der Waals surface area contributed by atoms with Crippen LogP contribution in [0.25, 0.3) is 0 Å². The van der Waals surface area contributed by atoms with Crippen LogP contribution in [0.15, 0.2) is 48.8 Å². The molecule has 1 aromatic carbocycles. The first-order valence-corrected chi connectivity index (χ1v) is 8.01. The summed E-state index contributed by atoms with van der Waals surface area (Å²) in [5.41, 5.74) is 0.956. The van der Waals surface area contributed by atoms with Gasteiger partial charge in [0.25, 0.3) is 5.91 Å². The number of hydrogen-bond donors (Lipinski definition) is 0. The highest BCUT2D eigenvalue weighted by atomic mass is 16.5. The number of carbonyl (C=O) groups excluding carboxylic acids is 2. The standard InChI is InChI=1S/C19H24N2O3/c1-14(2)18(19(23)20-11-5-6-12-20)21(15(3)22)13-16-7-9-17(24-4)10-8-16/h5-12,14,18H,13H2,1-4H3. The van der Waals surface area contributed by atoms with Crippen molar-refractivity contribution in [3.8, 4) is 5.75 Å². The monoisotopic (exact) mass is 328 g/mol. The molecule has 1 heterocycles. The second-order valence-electron chi connectivity index (χ2n) is 6.11. The van der Waals surface area contributed by atoms with Gasteiger partial charge in [0.1, 0.15) is 11.8 Å². The largest absolute Gasteiger partial charge is 0.497 e. The topological polar surface area (TPSA) is 51.5 Å². The van der Waals surface area contributed by atoms with Gasteiger partial charge in [-0.1, -0.05) is 26.0 Å². The van der Waals surface area contributed by atoms with E-state index in [0.717, 1.165) is 11.3 Å². The van der Waals surface area contributed by atoms with E-state index in [1.54, 1.807) is 36.5 Å². The van der Waals surface area contributed by atoms with E-state index in [2.05, 4.69) is 0 Å². The highest BCUT2D eigenvalue weighted by Gasteiger charge is 2.31. The Hall–Kier alpha value is -2.56. The van der Waals surface area contributed by atoms with Crippen LogP contribution in [-0.4, -0.2) is 34.4 Å². The molecule has 0 fully saturated rings. The summed E-state index contributed by atoms with van der Waals surface area (Å²) >= 11 is 0. The molecule has 2 aromatic rings. The summed E-state index contributed by atoms with van der Waals surface area (Å²) in [6.45, 7) is 5.79. The van der Waals surface area contributed by atoms with Crippen molar-refractivity contribution in [1.82, 2.24) is 9.47 Å². The Kier molecular flexibility index (Phi) is 5.79. The molecule has 1 aromatic heterocycles. The van der Waals surface area contributed by atoms with Gasteiger partial charge < -0.3 is 9.64 Å². The summed E-state index contributed by atoms with van der Waals surface area (Å²) in [4.78, 5) is 26.7. The maximum atomic E-state index is 12.8. The van der Waals surface area contributed by atoms with Crippen molar-refractivity contribution in [2.24, 2.45) is 5.92 Å². The first-order valence-electron chi connectivity index (χ1n) is 8.01. The fourth-order valence-corrected chi connectivity index (χ4v) is 2.75. The normalized spacial score (nSPS) is 12.0. The average molecular weight is 328 g/mol. The Bertz CT molecular complexity index is 675. The maximum absolute atomic E-state index is 12.8. The molecule has 0 saturated carbocycles. The lowest BCUT2D eigenvalue weighted by molar-refractivity contribution is -0.132. The zero-order chi connectivity index (χ0) is 17.7.